The third-order valence-electron chi connectivity index (χ3n) is 2.14. The Morgan fingerprint density at radius 1 is 1.41 bits per heavy atom. The minimum absolute atomic E-state index is 0.385. The molecule has 0 saturated carbocycles. The summed E-state index contributed by atoms with van der Waals surface area (Å²) in [5.41, 5.74) is 1.20. The Labute approximate surface area is 110 Å². The van der Waals surface area contributed by atoms with Crippen LogP contribution in [0.3, 0.4) is 0 Å². The van der Waals surface area contributed by atoms with Crippen molar-refractivity contribution in [3.05, 3.63) is 34.4 Å². The number of carbonyl (C=O) groups is 1. The first kappa shape index (κ1) is 11.9. The number of aromatic nitrogens is 1. The molecule has 2 aromatic rings. The molecule has 0 fully saturated rings. The van der Waals surface area contributed by atoms with Crippen LogP contribution in [0, 0.1) is 3.70 Å². The van der Waals surface area contributed by atoms with Gasteiger partial charge in [0.1, 0.15) is 3.70 Å². The fourth-order valence-electron chi connectivity index (χ4n) is 1.30. The average Bonchev–Trinajstić information content (AvgIpc) is 2.74. The predicted molar refractivity (Wildman–Crippen MR) is 69.3 cm³/mol. The average molecular weight is 345 g/mol. The molecule has 0 radical (unpaired) electrons. The van der Waals surface area contributed by atoms with Gasteiger partial charge in [-0.2, -0.15) is 0 Å². The van der Waals surface area contributed by atoms with Gasteiger partial charge in [-0.25, -0.2) is 20.6 Å². The monoisotopic (exact) mass is 345 g/mol. The number of hydrazine groups is 1. The molecule has 0 aliphatic heterocycles. The van der Waals surface area contributed by atoms with Crippen molar-refractivity contribution in [2.45, 2.75) is 0 Å². The van der Waals surface area contributed by atoms with Gasteiger partial charge in [0, 0.05) is 5.56 Å². The maximum atomic E-state index is 10.6. The van der Waals surface area contributed by atoms with Crippen molar-refractivity contribution < 1.29 is 14.3 Å². The Balaban J connectivity index is 2.31. The lowest BCUT2D eigenvalue weighted by Crippen LogP contribution is -2.35. The molecule has 0 saturated heterocycles. The number of nitrogens with zero attached hydrogens (tertiary/aromatic N) is 2. The number of hydrogen-bond donors (Lipinski definition) is 2. The van der Waals surface area contributed by atoms with Crippen LogP contribution in [0.5, 0.6) is 0 Å². The van der Waals surface area contributed by atoms with Gasteiger partial charge in [0.15, 0.2) is 12.2 Å². The highest BCUT2D eigenvalue weighted by Gasteiger charge is 2.11. The molecule has 0 aliphatic rings. The Hall–Kier alpha value is -1.61. The van der Waals surface area contributed by atoms with E-state index in [4.69, 9.17) is 15.4 Å². The number of halogens is 1. The van der Waals surface area contributed by atoms with Crippen molar-refractivity contribution in [1.82, 2.24) is 4.98 Å². The summed E-state index contributed by atoms with van der Waals surface area (Å²) in [5.74, 6) is 5.98. The summed E-state index contributed by atoms with van der Waals surface area (Å²) in [5, 5.41) is 9.35. The molecule has 0 spiro atoms. The van der Waals surface area contributed by atoms with Crippen LogP contribution in [0.25, 0.3) is 11.3 Å². The van der Waals surface area contributed by atoms with Gasteiger partial charge in [-0.15, -0.1) is 0 Å². The summed E-state index contributed by atoms with van der Waals surface area (Å²) in [4.78, 5) is 14.6. The van der Waals surface area contributed by atoms with E-state index in [0.717, 1.165) is 9.26 Å². The lowest BCUT2D eigenvalue weighted by molar-refractivity contribution is 0.202. The maximum Gasteiger partial charge on any atom is 0.426 e. The first-order chi connectivity index (χ1) is 8.09. The molecule has 3 N–H and O–H groups in total. The summed E-state index contributed by atoms with van der Waals surface area (Å²) >= 11 is 2.06. The highest BCUT2D eigenvalue weighted by molar-refractivity contribution is 14.1. The fourth-order valence-corrected chi connectivity index (χ4v) is 1.86. The number of benzene rings is 1. The van der Waals surface area contributed by atoms with Crippen LogP contribution in [0.2, 0.25) is 0 Å². The molecule has 1 aromatic heterocycles. The van der Waals surface area contributed by atoms with Gasteiger partial charge in [-0.1, -0.05) is 0 Å². The lowest BCUT2D eigenvalue weighted by atomic mass is 10.1. The maximum absolute atomic E-state index is 10.6. The Bertz CT molecular complexity index is 538. The zero-order valence-electron chi connectivity index (χ0n) is 8.50. The van der Waals surface area contributed by atoms with E-state index in [-0.39, 0.29) is 0 Å². The van der Waals surface area contributed by atoms with Gasteiger partial charge in [-0.3, -0.25) is 0 Å². The summed E-state index contributed by atoms with van der Waals surface area (Å²) in [6.07, 6.45) is 0.143. The third kappa shape index (κ3) is 2.39. The standard InChI is InChI=1S/C10H8IN3O3/c11-9-8(17-5-13-9)6-1-3-7(4-2-6)14(12)10(15)16/h1-5H,12H2,(H,15,16). The molecule has 0 atom stereocenters. The van der Waals surface area contributed by atoms with E-state index in [1.165, 1.54) is 6.39 Å². The number of carboxylic acid groups (broad SMARTS) is 1. The highest BCUT2D eigenvalue weighted by Crippen LogP contribution is 2.26. The predicted octanol–water partition coefficient (Wildman–Crippen LogP) is 2.30. The second-order valence-corrected chi connectivity index (χ2v) is 4.19. The molecular weight excluding hydrogens is 337 g/mol. The molecule has 1 amide bonds. The molecule has 2 rings (SSSR count). The van der Waals surface area contributed by atoms with Gasteiger partial charge in [0.25, 0.3) is 0 Å². The number of anilines is 1. The normalized spacial score (nSPS) is 10.2. The molecule has 6 nitrogen and oxygen atoms in total. The number of amides is 1. The first-order valence-corrected chi connectivity index (χ1v) is 5.64. The molecule has 0 unspecified atom stereocenters. The minimum Gasteiger partial charge on any atom is -0.464 e. The number of nitrogens with two attached hydrogens (primary N) is 1. The molecule has 0 aliphatic carbocycles. The van der Waals surface area contributed by atoms with Crippen molar-refractivity contribution in [3.8, 4) is 11.3 Å². The van der Waals surface area contributed by atoms with Crippen LogP contribution < -0.4 is 10.9 Å². The van der Waals surface area contributed by atoms with Crippen LogP contribution >= 0.6 is 22.6 Å². The highest BCUT2D eigenvalue weighted by atomic mass is 127. The van der Waals surface area contributed by atoms with E-state index in [0.29, 0.717) is 16.5 Å². The van der Waals surface area contributed by atoms with Crippen LogP contribution in [-0.4, -0.2) is 16.2 Å². The summed E-state index contributed by atoms with van der Waals surface area (Å²) < 4.78 is 5.97. The van der Waals surface area contributed by atoms with Crippen molar-refractivity contribution in [2.75, 3.05) is 5.01 Å². The van der Waals surface area contributed by atoms with Gasteiger partial charge >= 0.3 is 6.09 Å². The van der Waals surface area contributed by atoms with E-state index in [2.05, 4.69) is 27.6 Å². The summed E-state index contributed by atoms with van der Waals surface area (Å²) in [7, 11) is 0. The van der Waals surface area contributed by atoms with E-state index in [9.17, 15) is 4.79 Å². The Kier molecular flexibility index (Phi) is 3.29. The quantitative estimate of drug-likeness (QED) is 0.377. The van der Waals surface area contributed by atoms with Crippen LogP contribution in [0.4, 0.5) is 10.5 Å². The lowest BCUT2D eigenvalue weighted by Gasteiger charge is -2.12. The first-order valence-electron chi connectivity index (χ1n) is 4.57. The van der Waals surface area contributed by atoms with Crippen LogP contribution in [0.1, 0.15) is 0 Å². The molecule has 17 heavy (non-hydrogen) atoms. The largest absolute Gasteiger partial charge is 0.464 e. The van der Waals surface area contributed by atoms with Gasteiger partial charge in [0.05, 0.1) is 5.69 Å². The molecule has 88 valence electrons. The SMILES string of the molecule is NN(C(=O)O)c1ccc(-c2ocnc2I)cc1. The smallest absolute Gasteiger partial charge is 0.426 e. The number of hydrogen-bond acceptors (Lipinski definition) is 4. The minimum atomic E-state index is -1.22. The van der Waals surface area contributed by atoms with Crippen LogP contribution in [0.15, 0.2) is 35.1 Å². The number of rotatable bonds is 2. The van der Waals surface area contributed by atoms with E-state index in [1.807, 2.05) is 0 Å². The van der Waals surface area contributed by atoms with E-state index < -0.39 is 6.09 Å². The second kappa shape index (κ2) is 4.72. The zero-order valence-corrected chi connectivity index (χ0v) is 10.7. The Morgan fingerprint density at radius 2 is 2.06 bits per heavy atom. The topological polar surface area (TPSA) is 92.6 Å². The zero-order chi connectivity index (χ0) is 12.4. The van der Waals surface area contributed by atoms with Gasteiger partial charge < -0.3 is 9.52 Å². The summed E-state index contributed by atoms with van der Waals surface area (Å²) in [6, 6.07) is 6.64. The van der Waals surface area contributed by atoms with E-state index >= 15 is 0 Å². The van der Waals surface area contributed by atoms with Crippen molar-refractivity contribution in [1.29, 1.82) is 0 Å². The van der Waals surface area contributed by atoms with Gasteiger partial charge in [0.2, 0.25) is 0 Å². The fraction of sp³-hybridized carbons (Fsp3) is 0. The molecule has 7 heteroatoms. The Morgan fingerprint density at radius 3 is 2.53 bits per heavy atom. The molecule has 1 aromatic carbocycles. The van der Waals surface area contributed by atoms with Crippen molar-refractivity contribution >= 4 is 34.4 Å². The molecular formula is C10H8IN3O3. The summed E-state index contributed by atoms with van der Waals surface area (Å²) in [6.45, 7) is 0. The van der Waals surface area contributed by atoms with E-state index in [1.54, 1.807) is 24.3 Å². The third-order valence-corrected chi connectivity index (χ3v) is 2.91. The number of oxazole rings is 1. The second-order valence-electron chi connectivity index (χ2n) is 3.17. The molecule has 0 bridgehead atoms. The van der Waals surface area contributed by atoms with Crippen molar-refractivity contribution in [2.24, 2.45) is 5.84 Å². The molecule has 1 heterocycles. The van der Waals surface area contributed by atoms with Gasteiger partial charge in [-0.05, 0) is 46.9 Å². The van der Waals surface area contributed by atoms with Crippen LogP contribution in [-0.2, 0) is 0 Å². The van der Waals surface area contributed by atoms with Crippen molar-refractivity contribution in [3.63, 3.8) is 0 Å².